The molecule has 0 aromatic rings. The third kappa shape index (κ3) is 1.31. The number of fused-ring (bicyclic) bond motifs is 1. The first-order valence-corrected chi connectivity index (χ1v) is 5.92. The molecule has 2 heteroatoms. The molecule has 0 aromatic carbocycles. The van der Waals surface area contributed by atoms with Crippen molar-refractivity contribution in [2.45, 2.75) is 37.1 Å². The molecule has 2 heterocycles. The molecule has 1 saturated heterocycles. The largest absolute Gasteiger partial charge is 0.307 e. The van der Waals surface area contributed by atoms with Crippen LogP contribution in [0.3, 0.4) is 0 Å². The highest BCUT2D eigenvalue weighted by Crippen LogP contribution is 2.54. The zero-order chi connectivity index (χ0) is 8.84. The van der Waals surface area contributed by atoms with Crippen molar-refractivity contribution in [3.63, 3.8) is 0 Å². The summed E-state index contributed by atoms with van der Waals surface area (Å²) in [5.74, 6) is 7.30. The fraction of sp³-hybridized carbons (Fsp3) is 0.636. The molecule has 1 N–H and O–H groups in total. The van der Waals surface area contributed by atoms with Crippen LogP contribution in [-0.2, 0) is 0 Å². The molecule has 1 aliphatic carbocycles. The zero-order valence-corrected chi connectivity index (χ0v) is 8.53. The van der Waals surface area contributed by atoms with Gasteiger partial charge in [0.2, 0.25) is 0 Å². The van der Waals surface area contributed by atoms with Crippen LogP contribution in [0.5, 0.6) is 0 Å². The van der Waals surface area contributed by atoms with E-state index in [1.165, 1.54) is 12.8 Å². The third-order valence-electron chi connectivity index (χ3n) is 2.91. The predicted molar refractivity (Wildman–Crippen MR) is 56.3 cm³/mol. The van der Waals surface area contributed by atoms with E-state index < -0.39 is 0 Å². The third-order valence-corrected chi connectivity index (χ3v) is 4.21. The van der Waals surface area contributed by atoms with Crippen LogP contribution in [0.4, 0.5) is 0 Å². The van der Waals surface area contributed by atoms with Crippen molar-refractivity contribution < 1.29 is 0 Å². The summed E-state index contributed by atoms with van der Waals surface area (Å²) >= 11 is 2.01. The first-order chi connectivity index (χ1) is 6.40. The average molecular weight is 191 g/mol. The molecule has 3 atom stereocenters. The first-order valence-electron chi connectivity index (χ1n) is 5.04. The lowest BCUT2D eigenvalue weighted by molar-refractivity contribution is 0.746. The van der Waals surface area contributed by atoms with Gasteiger partial charge >= 0.3 is 0 Å². The van der Waals surface area contributed by atoms with E-state index >= 15 is 0 Å². The van der Waals surface area contributed by atoms with Gasteiger partial charge < -0.3 is 5.32 Å². The molecule has 0 radical (unpaired) electrons. The maximum atomic E-state index is 3.39. The van der Waals surface area contributed by atoms with E-state index in [0.717, 1.165) is 18.0 Å². The Morgan fingerprint density at radius 3 is 3.00 bits per heavy atom. The molecule has 3 rings (SSSR count). The molecule has 0 bridgehead atoms. The van der Waals surface area contributed by atoms with Crippen LogP contribution in [0.15, 0.2) is 11.0 Å². The van der Waals surface area contributed by atoms with Crippen molar-refractivity contribution in [3.8, 4) is 11.8 Å². The first kappa shape index (κ1) is 7.96. The van der Waals surface area contributed by atoms with Crippen molar-refractivity contribution in [2.24, 2.45) is 5.92 Å². The van der Waals surface area contributed by atoms with Crippen LogP contribution >= 0.6 is 11.8 Å². The second-order valence-electron chi connectivity index (χ2n) is 3.97. The van der Waals surface area contributed by atoms with Crippen LogP contribution < -0.4 is 5.32 Å². The number of nitrogens with one attached hydrogen (secondary N) is 1. The highest BCUT2D eigenvalue weighted by atomic mass is 32.2. The van der Waals surface area contributed by atoms with Crippen LogP contribution in [0.25, 0.3) is 0 Å². The van der Waals surface area contributed by atoms with E-state index in [4.69, 9.17) is 0 Å². The summed E-state index contributed by atoms with van der Waals surface area (Å²) in [4.78, 5) is 1.55. The van der Waals surface area contributed by atoms with E-state index in [1.807, 2.05) is 11.8 Å². The SMILES string of the molecule is CCCC1C#CC=C(C2C3NC32)S1. The van der Waals surface area contributed by atoms with E-state index in [0.29, 0.717) is 5.25 Å². The lowest BCUT2D eigenvalue weighted by Gasteiger charge is -2.16. The summed E-state index contributed by atoms with van der Waals surface area (Å²) in [7, 11) is 0. The summed E-state index contributed by atoms with van der Waals surface area (Å²) < 4.78 is 0. The smallest absolute Gasteiger partial charge is 0.0704 e. The Morgan fingerprint density at radius 2 is 2.38 bits per heavy atom. The van der Waals surface area contributed by atoms with Crippen LogP contribution in [0, 0.1) is 17.8 Å². The molecular weight excluding hydrogens is 178 g/mol. The van der Waals surface area contributed by atoms with E-state index in [1.54, 1.807) is 4.91 Å². The number of hydrogen-bond acceptors (Lipinski definition) is 2. The Labute approximate surface area is 83.4 Å². The highest BCUT2D eigenvalue weighted by Gasteiger charge is 2.65. The monoisotopic (exact) mass is 191 g/mol. The molecular formula is C11H13NS. The maximum Gasteiger partial charge on any atom is 0.0704 e. The fourth-order valence-electron chi connectivity index (χ4n) is 1.92. The Morgan fingerprint density at radius 1 is 1.54 bits per heavy atom. The minimum absolute atomic E-state index is 0.574. The summed E-state index contributed by atoms with van der Waals surface area (Å²) in [6.45, 7) is 2.23. The summed E-state index contributed by atoms with van der Waals surface area (Å²) in [6.07, 6.45) is 4.62. The van der Waals surface area contributed by atoms with Crippen molar-refractivity contribution in [1.82, 2.24) is 5.32 Å². The molecule has 2 fully saturated rings. The molecule has 3 unspecified atom stereocenters. The summed E-state index contributed by atoms with van der Waals surface area (Å²) in [5.41, 5.74) is 0. The standard InChI is InChI=1S/C11H13NS/c1-2-4-7-5-3-6-8(13-7)9-10-11(9)12-10/h6-7,9-12H,2,4H2,1H3. The number of hydrogen-bond donors (Lipinski definition) is 1. The van der Waals surface area contributed by atoms with Crippen LogP contribution in [0.2, 0.25) is 0 Å². The van der Waals surface area contributed by atoms with Gasteiger partial charge in [0.05, 0.1) is 5.25 Å². The lowest BCUT2D eigenvalue weighted by Crippen LogP contribution is -2.12. The van der Waals surface area contributed by atoms with Crippen molar-refractivity contribution in [3.05, 3.63) is 11.0 Å². The highest BCUT2D eigenvalue weighted by molar-refractivity contribution is 8.04. The van der Waals surface area contributed by atoms with Gasteiger partial charge in [0.1, 0.15) is 0 Å². The number of thioether (sulfide) groups is 1. The molecule has 13 heavy (non-hydrogen) atoms. The van der Waals surface area contributed by atoms with Gasteiger partial charge in [-0.2, -0.15) is 0 Å². The molecule has 3 aliphatic rings. The van der Waals surface area contributed by atoms with Gasteiger partial charge in [-0.15, -0.1) is 11.8 Å². The quantitative estimate of drug-likeness (QED) is 0.542. The van der Waals surface area contributed by atoms with Gasteiger partial charge in [-0.1, -0.05) is 25.2 Å². The van der Waals surface area contributed by atoms with E-state index in [9.17, 15) is 0 Å². The summed E-state index contributed by atoms with van der Waals surface area (Å²) in [6, 6.07) is 1.67. The van der Waals surface area contributed by atoms with Gasteiger partial charge in [-0.25, -0.2) is 0 Å². The molecule has 1 saturated carbocycles. The predicted octanol–water partition coefficient (Wildman–Crippen LogP) is 1.76. The maximum absolute atomic E-state index is 3.39. The Balaban J connectivity index is 1.65. The molecule has 2 aliphatic heterocycles. The van der Waals surface area contributed by atoms with Gasteiger partial charge in [0, 0.05) is 22.9 Å². The van der Waals surface area contributed by atoms with Crippen molar-refractivity contribution >= 4 is 11.8 Å². The van der Waals surface area contributed by atoms with Gasteiger partial charge in [-0.3, -0.25) is 0 Å². The van der Waals surface area contributed by atoms with Crippen LogP contribution in [0.1, 0.15) is 19.8 Å². The van der Waals surface area contributed by atoms with Gasteiger partial charge in [-0.05, 0) is 12.5 Å². The average Bonchev–Trinajstić information content (AvgIpc) is 2.93. The minimum Gasteiger partial charge on any atom is -0.307 e. The Hall–Kier alpha value is -0.390. The van der Waals surface area contributed by atoms with Gasteiger partial charge in [0.15, 0.2) is 0 Å². The number of allylic oxidation sites excluding steroid dienone is 1. The molecule has 0 amide bonds. The van der Waals surface area contributed by atoms with Gasteiger partial charge in [0.25, 0.3) is 0 Å². The molecule has 0 spiro atoms. The molecule has 68 valence electrons. The molecule has 0 aromatic heterocycles. The minimum atomic E-state index is 0.574. The zero-order valence-electron chi connectivity index (χ0n) is 7.71. The second-order valence-corrected chi connectivity index (χ2v) is 5.25. The van der Waals surface area contributed by atoms with E-state index in [2.05, 4.69) is 30.2 Å². The summed E-state index contributed by atoms with van der Waals surface area (Å²) in [5, 5.41) is 3.96. The number of rotatable bonds is 3. The second kappa shape index (κ2) is 2.80. The normalized spacial score (nSPS) is 44.2. The van der Waals surface area contributed by atoms with Crippen LogP contribution in [-0.4, -0.2) is 17.3 Å². The Bertz CT molecular complexity index is 315. The topological polar surface area (TPSA) is 21.9 Å². The van der Waals surface area contributed by atoms with E-state index in [-0.39, 0.29) is 0 Å². The Kier molecular flexibility index (Phi) is 1.71. The van der Waals surface area contributed by atoms with Crippen molar-refractivity contribution in [1.29, 1.82) is 0 Å². The molecule has 1 nitrogen and oxygen atoms in total. The fourth-order valence-corrected chi connectivity index (χ4v) is 3.31. The van der Waals surface area contributed by atoms with Crippen molar-refractivity contribution in [2.75, 3.05) is 0 Å². The lowest BCUT2D eigenvalue weighted by atomic mass is 10.2.